The van der Waals surface area contributed by atoms with Gasteiger partial charge in [-0.2, -0.15) is 0 Å². The number of rotatable bonds is 1. The molecule has 0 saturated heterocycles. The second-order valence-electron chi connectivity index (χ2n) is 3.82. The highest BCUT2D eigenvalue weighted by molar-refractivity contribution is 5.93. The maximum Gasteiger partial charge on any atom is 0.160 e. The standard InChI is InChI=1S/C14H11NO/c1-10-5-4-8-13(15-10)14-12-7-3-2-6-11(12)9-16-14/h2-9H,1H3. The first kappa shape index (κ1) is 9.16. The van der Waals surface area contributed by atoms with Crippen LogP contribution in [0.5, 0.6) is 0 Å². The van der Waals surface area contributed by atoms with E-state index in [1.165, 1.54) is 0 Å². The molecule has 0 bridgehead atoms. The summed E-state index contributed by atoms with van der Waals surface area (Å²) in [5, 5.41) is 2.22. The van der Waals surface area contributed by atoms with Gasteiger partial charge in [0.2, 0.25) is 0 Å². The van der Waals surface area contributed by atoms with Crippen LogP contribution in [-0.2, 0) is 0 Å². The van der Waals surface area contributed by atoms with Crippen molar-refractivity contribution in [3.05, 3.63) is 54.4 Å². The molecule has 0 aliphatic carbocycles. The molecule has 16 heavy (non-hydrogen) atoms. The van der Waals surface area contributed by atoms with Gasteiger partial charge in [-0.15, -0.1) is 0 Å². The fraction of sp³-hybridized carbons (Fsp3) is 0.0714. The maximum absolute atomic E-state index is 5.59. The molecule has 0 spiro atoms. The summed E-state index contributed by atoms with van der Waals surface area (Å²) in [6.07, 6.45) is 1.77. The fourth-order valence-electron chi connectivity index (χ4n) is 1.86. The van der Waals surface area contributed by atoms with Crippen molar-refractivity contribution >= 4 is 10.8 Å². The van der Waals surface area contributed by atoms with E-state index in [-0.39, 0.29) is 0 Å². The summed E-state index contributed by atoms with van der Waals surface area (Å²) in [7, 11) is 0. The van der Waals surface area contributed by atoms with Crippen LogP contribution in [0.4, 0.5) is 0 Å². The van der Waals surface area contributed by atoms with Crippen LogP contribution in [0, 0.1) is 6.92 Å². The summed E-state index contributed by atoms with van der Waals surface area (Å²) >= 11 is 0. The van der Waals surface area contributed by atoms with Gasteiger partial charge < -0.3 is 4.42 Å². The van der Waals surface area contributed by atoms with Gasteiger partial charge in [0.25, 0.3) is 0 Å². The van der Waals surface area contributed by atoms with Crippen molar-refractivity contribution in [3.63, 3.8) is 0 Å². The number of aromatic nitrogens is 1. The van der Waals surface area contributed by atoms with Gasteiger partial charge >= 0.3 is 0 Å². The second-order valence-corrected chi connectivity index (χ2v) is 3.82. The number of aryl methyl sites for hydroxylation is 1. The van der Waals surface area contributed by atoms with Crippen molar-refractivity contribution in [1.29, 1.82) is 0 Å². The third kappa shape index (κ3) is 1.39. The summed E-state index contributed by atoms with van der Waals surface area (Å²) in [6, 6.07) is 14.1. The quantitative estimate of drug-likeness (QED) is 0.609. The van der Waals surface area contributed by atoms with Gasteiger partial charge in [-0.3, -0.25) is 0 Å². The van der Waals surface area contributed by atoms with Gasteiger partial charge in [-0.1, -0.05) is 30.3 Å². The summed E-state index contributed by atoms with van der Waals surface area (Å²) in [5.41, 5.74) is 1.89. The molecule has 0 unspecified atom stereocenters. The van der Waals surface area contributed by atoms with Gasteiger partial charge in [0.05, 0.1) is 6.26 Å². The molecule has 0 atom stereocenters. The van der Waals surface area contributed by atoms with E-state index >= 15 is 0 Å². The predicted molar refractivity (Wildman–Crippen MR) is 64.2 cm³/mol. The Morgan fingerprint density at radius 2 is 1.88 bits per heavy atom. The van der Waals surface area contributed by atoms with Crippen LogP contribution in [0.2, 0.25) is 0 Å². The number of fused-ring (bicyclic) bond motifs is 1. The van der Waals surface area contributed by atoms with E-state index in [1.807, 2.05) is 43.3 Å². The normalized spacial score (nSPS) is 10.8. The van der Waals surface area contributed by atoms with Crippen molar-refractivity contribution < 1.29 is 4.42 Å². The molecule has 0 aliphatic heterocycles. The van der Waals surface area contributed by atoms with Crippen LogP contribution in [-0.4, -0.2) is 4.98 Å². The summed E-state index contributed by atoms with van der Waals surface area (Å²) in [5.74, 6) is 0.847. The van der Waals surface area contributed by atoms with Crippen molar-refractivity contribution in [2.45, 2.75) is 6.92 Å². The Morgan fingerprint density at radius 3 is 2.75 bits per heavy atom. The van der Waals surface area contributed by atoms with Gasteiger partial charge in [0, 0.05) is 16.5 Å². The molecule has 0 fully saturated rings. The van der Waals surface area contributed by atoms with Crippen LogP contribution < -0.4 is 0 Å². The third-order valence-electron chi connectivity index (χ3n) is 2.63. The zero-order valence-corrected chi connectivity index (χ0v) is 8.97. The van der Waals surface area contributed by atoms with E-state index < -0.39 is 0 Å². The zero-order chi connectivity index (χ0) is 11.0. The average Bonchev–Trinajstić information content (AvgIpc) is 2.72. The molecule has 2 heterocycles. The summed E-state index contributed by atoms with van der Waals surface area (Å²) in [4.78, 5) is 4.47. The third-order valence-corrected chi connectivity index (χ3v) is 2.63. The predicted octanol–water partition coefficient (Wildman–Crippen LogP) is 3.80. The minimum absolute atomic E-state index is 0.847. The molecule has 3 aromatic rings. The van der Waals surface area contributed by atoms with Crippen molar-refractivity contribution in [2.75, 3.05) is 0 Å². The van der Waals surface area contributed by atoms with Gasteiger partial charge in [0.1, 0.15) is 5.69 Å². The molecule has 0 radical (unpaired) electrons. The molecule has 2 aromatic heterocycles. The lowest BCUT2D eigenvalue weighted by molar-refractivity contribution is 0.584. The van der Waals surface area contributed by atoms with Crippen LogP contribution >= 0.6 is 0 Å². The van der Waals surface area contributed by atoms with Crippen molar-refractivity contribution in [3.8, 4) is 11.5 Å². The minimum atomic E-state index is 0.847. The van der Waals surface area contributed by atoms with E-state index in [4.69, 9.17) is 4.42 Å². The molecule has 2 nitrogen and oxygen atoms in total. The van der Waals surface area contributed by atoms with E-state index in [0.29, 0.717) is 0 Å². The van der Waals surface area contributed by atoms with Crippen LogP contribution in [0.3, 0.4) is 0 Å². The average molecular weight is 209 g/mol. The van der Waals surface area contributed by atoms with Crippen LogP contribution in [0.1, 0.15) is 5.69 Å². The number of hydrogen-bond donors (Lipinski definition) is 0. The van der Waals surface area contributed by atoms with E-state index in [2.05, 4.69) is 11.1 Å². The Balaban J connectivity index is 2.26. The molecular weight excluding hydrogens is 198 g/mol. The first-order valence-corrected chi connectivity index (χ1v) is 5.25. The van der Waals surface area contributed by atoms with E-state index in [0.717, 1.165) is 27.9 Å². The lowest BCUT2D eigenvalue weighted by Crippen LogP contribution is -1.84. The first-order valence-electron chi connectivity index (χ1n) is 5.25. The highest BCUT2D eigenvalue weighted by atomic mass is 16.3. The van der Waals surface area contributed by atoms with E-state index in [9.17, 15) is 0 Å². The van der Waals surface area contributed by atoms with Crippen molar-refractivity contribution in [1.82, 2.24) is 4.98 Å². The Hall–Kier alpha value is -2.09. The molecule has 0 N–H and O–H groups in total. The van der Waals surface area contributed by atoms with Crippen LogP contribution in [0.25, 0.3) is 22.2 Å². The second kappa shape index (κ2) is 3.49. The first-order chi connectivity index (χ1) is 7.84. The number of benzene rings is 1. The largest absolute Gasteiger partial charge is 0.461 e. The zero-order valence-electron chi connectivity index (χ0n) is 8.97. The summed E-state index contributed by atoms with van der Waals surface area (Å²) < 4.78 is 5.59. The molecule has 0 saturated carbocycles. The number of pyridine rings is 1. The Labute approximate surface area is 93.5 Å². The molecular formula is C14H11NO. The highest BCUT2D eigenvalue weighted by Gasteiger charge is 2.08. The number of nitrogens with zero attached hydrogens (tertiary/aromatic N) is 1. The Bertz CT molecular complexity index is 640. The lowest BCUT2D eigenvalue weighted by atomic mass is 10.1. The molecule has 0 aliphatic rings. The molecule has 0 amide bonds. The molecule has 3 rings (SSSR count). The Kier molecular flexibility index (Phi) is 2.00. The monoisotopic (exact) mass is 209 g/mol. The molecule has 1 aromatic carbocycles. The summed E-state index contributed by atoms with van der Waals surface area (Å²) in [6.45, 7) is 1.98. The maximum atomic E-state index is 5.59. The van der Waals surface area contributed by atoms with Gasteiger partial charge in [-0.25, -0.2) is 4.98 Å². The number of hydrogen-bond acceptors (Lipinski definition) is 2. The van der Waals surface area contributed by atoms with E-state index in [1.54, 1.807) is 6.26 Å². The minimum Gasteiger partial charge on any atom is -0.461 e. The fourth-order valence-corrected chi connectivity index (χ4v) is 1.86. The smallest absolute Gasteiger partial charge is 0.160 e. The lowest BCUT2D eigenvalue weighted by Gasteiger charge is -1.98. The van der Waals surface area contributed by atoms with Crippen molar-refractivity contribution in [2.24, 2.45) is 0 Å². The topological polar surface area (TPSA) is 26.0 Å². The highest BCUT2D eigenvalue weighted by Crippen LogP contribution is 2.28. The molecule has 2 heteroatoms. The van der Waals surface area contributed by atoms with Gasteiger partial charge in [-0.05, 0) is 19.1 Å². The number of furan rings is 1. The SMILES string of the molecule is Cc1cccc(-c2occ3ccccc23)n1. The molecule has 78 valence electrons. The van der Waals surface area contributed by atoms with Gasteiger partial charge in [0.15, 0.2) is 5.76 Å². The Morgan fingerprint density at radius 1 is 1.00 bits per heavy atom. The van der Waals surface area contributed by atoms with Crippen LogP contribution in [0.15, 0.2) is 53.1 Å².